The van der Waals surface area contributed by atoms with Gasteiger partial charge < -0.3 is 14.8 Å². The zero-order valence-electron chi connectivity index (χ0n) is 12.1. The van der Waals surface area contributed by atoms with E-state index in [0.29, 0.717) is 33.8 Å². The number of carbonyl (C=O) groups is 1. The molecule has 2 N–H and O–H groups in total. The number of hydrogen-bond acceptors (Lipinski definition) is 5. The summed E-state index contributed by atoms with van der Waals surface area (Å²) in [4.78, 5) is 12.4. The number of ether oxygens (including phenoxy) is 2. The van der Waals surface area contributed by atoms with Gasteiger partial charge in [0.25, 0.3) is 5.91 Å². The molecule has 0 aliphatic heterocycles. The molecule has 112 valence electrons. The first kappa shape index (κ1) is 13.9. The number of amides is 1. The van der Waals surface area contributed by atoms with E-state index >= 15 is 0 Å². The molecule has 2 aromatic carbocycles. The molecule has 1 amide bonds. The fourth-order valence-corrected chi connectivity index (χ4v) is 2.10. The standard InChI is InChI=1S/C15H14N4O3/c1-21-10-6-9(7-11(8-10)22-2)15(20)16-12-4-3-5-13-14(12)18-19-17-13/h3-8H,1-2H3,(H,16,20)(H,17,18,19). The second kappa shape index (κ2) is 5.72. The molecule has 3 aromatic rings. The van der Waals surface area contributed by atoms with Crippen LogP contribution in [-0.4, -0.2) is 35.5 Å². The van der Waals surface area contributed by atoms with E-state index in [1.807, 2.05) is 6.07 Å². The molecule has 0 fully saturated rings. The molecule has 0 unspecified atom stereocenters. The van der Waals surface area contributed by atoms with Gasteiger partial charge in [-0.1, -0.05) is 6.07 Å². The van der Waals surface area contributed by atoms with Crippen molar-refractivity contribution in [3.63, 3.8) is 0 Å². The summed E-state index contributed by atoms with van der Waals surface area (Å²) in [6.45, 7) is 0. The monoisotopic (exact) mass is 298 g/mol. The van der Waals surface area contributed by atoms with E-state index in [-0.39, 0.29) is 5.91 Å². The largest absolute Gasteiger partial charge is 0.497 e. The first-order valence-electron chi connectivity index (χ1n) is 6.55. The van der Waals surface area contributed by atoms with Crippen LogP contribution in [0, 0.1) is 0 Å². The Morgan fingerprint density at radius 1 is 1.09 bits per heavy atom. The highest BCUT2D eigenvalue weighted by molar-refractivity contribution is 6.08. The molecular formula is C15H14N4O3. The quantitative estimate of drug-likeness (QED) is 0.771. The molecule has 0 atom stereocenters. The minimum absolute atomic E-state index is 0.285. The van der Waals surface area contributed by atoms with Crippen LogP contribution in [0.2, 0.25) is 0 Å². The fourth-order valence-electron chi connectivity index (χ4n) is 2.10. The molecule has 0 aliphatic carbocycles. The summed E-state index contributed by atoms with van der Waals surface area (Å²) in [6.07, 6.45) is 0. The number of rotatable bonds is 4. The van der Waals surface area contributed by atoms with Crippen LogP contribution in [-0.2, 0) is 0 Å². The Balaban J connectivity index is 1.93. The highest BCUT2D eigenvalue weighted by Gasteiger charge is 2.12. The third kappa shape index (κ3) is 2.56. The lowest BCUT2D eigenvalue weighted by molar-refractivity contribution is 0.102. The summed E-state index contributed by atoms with van der Waals surface area (Å²) in [5.41, 5.74) is 2.29. The van der Waals surface area contributed by atoms with E-state index < -0.39 is 0 Å². The smallest absolute Gasteiger partial charge is 0.255 e. The van der Waals surface area contributed by atoms with Crippen molar-refractivity contribution >= 4 is 22.6 Å². The van der Waals surface area contributed by atoms with Gasteiger partial charge in [0.1, 0.15) is 22.5 Å². The Bertz CT molecular complexity index is 806. The predicted octanol–water partition coefficient (Wildman–Crippen LogP) is 2.23. The van der Waals surface area contributed by atoms with E-state index in [4.69, 9.17) is 9.47 Å². The van der Waals surface area contributed by atoms with Crippen LogP contribution in [0.5, 0.6) is 11.5 Å². The summed E-state index contributed by atoms with van der Waals surface area (Å²) in [6, 6.07) is 10.4. The van der Waals surface area contributed by atoms with Gasteiger partial charge in [0, 0.05) is 11.6 Å². The van der Waals surface area contributed by atoms with Crippen LogP contribution in [0.1, 0.15) is 10.4 Å². The van der Waals surface area contributed by atoms with Crippen molar-refractivity contribution in [1.82, 2.24) is 15.4 Å². The number of hydrogen-bond donors (Lipinski definition) is 2. The molecule has 7 heteroatoms. The Morgan fingerprint density at radius 3 is 2.50 bits per heavy atom. The Kier molecular flexibility index (Phi) is 3.61. The molecular weight excluding hydrogens is 284 g/mol. The van der Waals surface area contributed by atoms with Gasteiger partial charge in [-0.15, -0.1) is 0 Å². The minimum Gasteiger partial charge on any atom is -0.497 e. The van der Waals surface area contributed by atoms with Crippen LogP contribution in [0.4, 0.5) is 5.69 Å². The molecule has 0 spiro atoms. The Labute approximate surface area is 126 Å². The minimum atomic E-state index is -0.285. The number of nitrogens with zero attached hydrogens (tertiary/aromatic N) is 2. The second-order valence-corrected chi connectivity index (χ2v) is 4.55. The molecule has 0 radical (unpaired) electrons. The molecule has 0 bridgehead atoms. The summed E-state index contributed by atoms with van der Waals surface area (Å²) in [5, 5.41) is 13.4. The van der Waals surface area contributed by atoms with Gasteiger partial charge in [-0.05, 0) is 24.3 Å². The molecule has 3 rings (SSSR count). The highest BCUT2D eigenvalue weighted by Crippen LogP contribution is 2.24. The van der Waals surface area contributed by atoms with E-state index in [1.165, 1.54) is 14.2 Å². The zero-order chi connectivity index (χ0) is 15.5. The highest BCUT2D eigenvalue weighted by atomic mass is 16.5. The van der Waals surface area contributed by atoms with Crippen molar-refractivity contribution in [2.45, 2.75) is 0 Å². The lowest BCUT2D eigenvalue weighted by Gasteiger charge is -2.09. The summed E-state index contributed by atoms with van der Waals surface area (Å²) < 4.78 is 10.3. The summed E-state index contributed by atoms with van der Waals surface area (Å²) in [5.74, 6) is 0.806. The topological polar surface area (TPSA) is 89.1 Å². The molecule has 22 heavy (non-hydrogen) atoms. The van der Waals surface area contributed by atoms with Crippen LogP contribution < -0.4 is 14.8 Å². The summed E-state index contributed by atoms with van der Waals surface area (Å²) >= 11 is 0. The molecule has 0 saturated carbocycles. The normalized spacial score (nSPS) is 10.5. The predicted molar refractivity (Wildman–Crippen MR) is 81.4 cm³/mol. The van der Waals surface area contributed by atoms with E-state index in [9.17, 15) is 4.79 Å². The van der Waals surface area contributed by atoms with Gasteiger partial charge in [-0.2, -0.15) is 15.4 Å². The van der Waals surface area contributed by atoms with Crippen molar-refractivity contribution in [3.8, 4) is 11.5 Å². The van der Waals surface area contributed by atoms with Gasteiger partial charge in [-0.25, -0.2) is 0 Å². The third-order valence-corrected chi connectivity index (χ3v) is 3.21. The number of anilines is 1. The van der Waals surface area contributed by atoms with E-state index in [1.54, 1.807) is 30.3 Å². The maximum absolute atomic E-state index is 12.4. The number of benzene rings is 2. The summed E-state index contributed by atoms with van der Waals surface area (Å²) in [7, 11) is 3.07. The first-order valence-corrected chi connectivity index (χ1v) is 6.55. The van der Waals surface area contributed by atoms with Gasteiger partial charge in [-0.3, -0.25) is 4.79 Å². The van der Waals surface area contributed by atoms with Crippen LogP contribution in [0.3, 0.4) is 0 Å². The number of aromatic nitrogens is 3. The van der Waals surface area contributed by atoms with Crippen molar-refractivity contribution in [2.75, 3.05) is 19.5 Å². The van der Waals surface area contributed by atoms with Crippen LogP contribution in [0.25, 0.3) is 11.0 Å². The van der Waals surface area contributed by atoms with Gasteiger partial charge in [0.15, 0.2) is 0 Å². The maximum Gasteiger partial charge on any atom is 0.255 e. The first-order chi connectivity index (χ1) is 10.7. The van der Waals surface area contributed by atoms with Crippen LogP contribution >= 0.6 is 0 Å². The number of fused-ring (bicyclic) bond motifs is 1. The number of H-pyrrole nitrogens is 1. The number of nitrogens with one attached hydrogen (secondary N) is 2. The maximum atomic E-state index is 12.4. The third-order valence-electron chi connectivity index (χ3n) is 3.21. The van der Waals surface area contributed by atoms with Gasteiger partial charge in [0.2, 0.25) is 0 Å². The molecule has 0 saturated heterocycles. The zero-order valence-corrected chi connectivity index (χ0v) is 12.1. The number of aromatic amines is 1. The van der Waals surface area contributed by atoms with Gasteiger partial charge in [0.05, 0.1) is 19.9 Å². The molecule has 1 aromatic heterocycles. The number of para-hydroxylation sites is 1. The van der Waals surface area contributed by atoms with Crippen LogP contribution in [0.15, 0.2) is 36.4 Å². The van der Waals surface area contributed by atoms with E-state index in [2.05, 4.69) is 20.7 Å². The lowest BCUT2D eigenvalue weighted by atomic mass is 10.1. The Hall–Kier alpha value is -3.09. The molecule has 0 aliphatic rings. The molecule has 1 heterocycles. The van der Waals surface area contributed by atoms with Crippen molar-refractivity contribution in [1.29, 1.82) is 0 Å². The lowest BCUT2D eigenvalue weighted by Crippen LogP contribution is -2.12. The average molecular weight is 298 g/mol. The fraction of sp³-hybridized carbons (Fsp3) is 0.133. The SMILES string of the molecule is COc1cc(OC)cc(C(=O)Nc2cccc3n[nH]nc23)c1. The number of methoxy groups -OCH3 is 2. The average Bonchev–Trinajstić information content (AvgIpc) is 3.04. The van der Waals surface area contributed by atoms with E-state index in [0.717, 1.165) is 0 Å². The van der Waals surface area contributed by atoms with Gasteiger partial charge >= 0.3 is 0 Å². The second-order valence-electron chi connectivity index (χ2n) is 4.55. The van der Waals surface area contributed by atoms with Crippen molar-refractivity contribution in [3.05, 3.63) is 42.0 Å². The van der Waals surface area contributed by atoms with Crippen molar-refractivity contribution in [2.24, 2.45) is 0 Å². The van der Waals surface area contributed by atoms with Crippen molar-refractivity contribution < 1.29 is 14.3 Å². The number of carbonyl (C=O) groups excluding carboxylic acids is 1. The Morgan fingerprint density at radius 2 is 1.82 bits per heavy atom. The molecule has 7 nitrogen and oxygen atoms in total.